The standard InChI is InChI=1S/C9H18N4S/c1-4-13(5-2)6-7-14-9-11-10-8-12(9)3/h8H,4-7H2,1-3H3. The van der Waals surface area contributed by atoms with Gasteiger partial charge in [0.15, 0.2) is 5.16 Å². The molecular formula is C9H18N4S. The van der Waals surface area contributed by atoms with E-state index in [1.807, 2.05) is 11.6 Å². The lowest BCUT2D eigenvalue weighted by molar-refractivity contribution is 0.324. The van der Waals surface area contributed by atoms with E-state index < -0.39 is 0 Å². The molecule has 14 heavy (non-hydrogen) atoms. The Morgan fingerprint density at radius 2 is 2.14 bits per heavy atom. The predicted molar refractivity (Wildman–Crippen MR) is 59.5 cm³/mol. The molecule has 0 bridgehead atoms. The average molecular weight is 214 g/mol. The highest BCUT2D eigenvalue weighted by atomic mass is 32.2. The summed E-state index contributed by atoms with van der Waals surface area (Å²) in [5.74, 6) is 1.08. The molecule has 5 heteroatoms. The van der Waals surface area contributed by atoms with Crippen LogP contribution in [0.1, 0.15) is 13.8 Å². The predicted octanol–water partition coefficient (Wildman–Crippen LogP) is 1.25. The van der Waals surface area contributed by atoms with Crippen LogP contribution in [0.4, 0.5) is 0 Å². The van der Waals surface area contributed by atoms with Crippen LogP contribution >= 0.6 is 11.8 Å². The number of hydrogen-bond acceptors (Lipinski definition) is 4. The second-order valence-corrected chi connectivity index (χ2v) is 4.16. The van der Waals surface area contributed by atoms with Crippen LogP contribution in [0.3, 0.4) is 0 Å². The van der Waals surface area contributed by atoms with E-state index in [0.717, 1.165) is 30.5 Å². The van der Waals surface area contributed by atoms with Gasteiger partial charge in [-0.25, -0.2) is 0 Å². The zero-order valence-electron chi connectivity index (χ0n) is 9.10. The minimum absolute atomic E-state index is 0.997. The molecule has 80 valence electrons. The third-order valence-corrected chi connectivity index (χ3v) is 3.22. The topological polar surface area (TPSA) is 34.0 Å². The molecule has 0 aliphatic carbocycles. The molecule has 1 aromatic rings. The lowest BCUT2D eigenvalue weighted by Crippen LogP contribution is -2.25. The molecule has 1 heterocycles. The lowest BCUT2D eigenvalue weighted by atomic mass is 10.5. The quantitative estimate of drug-likeness (QED) is 0.667. The van der Waals surface area contributed by atoms with E-state index in [1.54, 1.807) is 18.1 Å². The summed E-state index contributed by atoms with van der Waals surface area (Å²) in [5, 5.41) is 8.86. The fraction of sp³-hybridized carbons (Fsp3) is 0.778. The van der Waals surface area contributed by atoms with Gasteiger partial charge in [-0.15, -0.1) is 10.2 Å². The molecule has 0 unspecified atom stereocenters. The Morgan fingerprint density at radius 3 is 2.64 bits per heavy atom. The smallest absolute Gasteiger partial charge is 0.190 e. The van der Waals surface area contributed by atoms with E-state index in [9.17, 15) is 0 Å². The zero-order chi connectivity index (χ0) is 10.4. The van der Waals surface area contributed by atoms with E-state index in [1.165, 1.54) is 0 Å². The molecule has 4 nitrogen and oxygen atoms in total. The van der Waals surface area contributed by atoms with Crippen LogP contribution in [0.5, 0.6) is 0 Å². The summed E-state index contributed by atoms with van der Waals surface area (Å²) < 4.78 is 1.95. The summed E-state index contributed by atoms with van der Waals surface area (Å²) in [6.07, 6.45) is 1.74. The summed E-state index contributed by atoms with van der Waals surface area (Å²) in [6, 6.07) is 0. The van der Waals surface area contributed by atoms with Gasteiger partial charge >= 0.3 is 0 Å². The van der Waals surface area contributed by atoms with Gasteiger partial charge in [0.1, 0.15) is 6.33 Å². The highest BCUT2D eigenvalue weighted by molar-refractivity contribution is 7.99. The zero-order valence-corrected chi connectivity index (χ0v) is 9.92. The van der Waals surface area contributed by atoms with Crippen LogP contribution in [0, 0.1) is 0 Å². The second-order valence-electron chi connectivity index (χ2n) is 3.10. The number of aryl methyl sites for hydroxylation is 1. The minimum atomic E-state index is 0.997. The molecule has 0 saturated carbocycles. The highest BCUT2D eigenvalue weighted by Crippen LogP contribution is 2.12. The van der Waals surface area contributed by atoms with Crippen molar-refractivity contribution in [2.45, 2.75) is 19.0 Å². The first-order valence-electron chi connectivity index (χ1n) is 4.97. The van der Waals surface area contributed by atoms with Crippen molar-refractivity contribution in [2.75, 3.05) is 25.4 Å². The average Bonchev–Trinajstić information content (AvgIpc) is 2.59. The van der Waals surface area contributed by atoms with E-state index >= 15 is 0 Å². The maximum atomic E-state index is 4.02. The van der Waals surface area contributed by atoms with E-state index in [4.69, 9.17) is 0 Å². The van der Waals surface area contributed by atoms with Gasteiger partial charge in [0.25, 0.3) is 0 Å². The molecule has 0 fully saturated rings. The molecule has 0 N–H and O–H groups in total. The molecular weight excluding hydrogens is 196 g/mol. The van der Waals surface area contributed by atoms with Crippen molar-refractivity contribution < 1.29 is 0 Å². The molecule has 1 aromatic heterocycles. The lowest BCUT2D eigenvalue weighted by Gasteiger charge is -2.16. The Kier molecular flexibility index (Phi) is 4.97. The summed E-state index contributed by atoms with van der Waals surface area (Å²) in [5.41, 5.74) is 0. The fourth-order valence-corrected chi connectivity index (χ4v) is 2.10. The van der Waals surface area contributed by atoms with Crippen molar-refractivity contribution in [3.8, 4) is 0 Å². The van der Waals surface area contributed by atoms with Gasteiger partial charge in [0, 0.05) is 19.3 Å². The van der Waals surface area contributed by atoms with Crippen molar-refractivity contribution in [1.29, 1.82) is 0 Å². The normalized spacial score (nSPS) is 11.1. The SMILES string of the molecule is CCN(CC)CCSc1nncn1C. The first-order chi connectivity index (χ1) is 6.77. The van der Waals surface area contributed by atoms with E-state index in [2.05, 4.69) is 28.9 Å². The summed E-state index contributed by atoms with van der Waals surface area (Å²) >= 11 is 1.76. The van der Waals surface area contributed by atoms with Crippen molar-refractivity contribution in [2.24, 2.45) is 7.05 Å². The van der Waals surface area contributed by atoms with E-state index in [0.29, 0.717) is 0 Å². The maximum absolute atomic E-state index is 4.02. The summed E-state index contributed by atoms with van der Waals surface area (Å²) in [7, 11) is 1.97. The monoisotopic (exact) mass is 214 g/mol. The van der Waals surface area contributed by atoms with Crippen LogP contribution in [0.25, 0.3) is 0 Å². The van der Waals surface area contributed by atoms with Crippen LogP contribution in [-0.4, -0.2) is 45.1 Å². The van der Waals surface area contributed by atoms with Gasteiger partial charge in [0.2, 0.25) is 0 Å². The number of aromatic nitrogens is 3. The highest BCUT2D eigenvalue weighted by Gasteiger charge is 2.03. The van der Waals surface area contributed by atoms with Gasteiger partial charge < -0.3 is 9.47 Å². The fourth-order valence-electron chi connectivity index (χ4n) is 1.21. The Morgan fingerprint density at radius 1 is 1.43 bits per heavy atom. The number of rotatable bonds is 6. The van der Waals surface area contributed by atoms with E-state index in [-0.39, 0.29) is 0 Å². The van der Waals surface area contributed by atoms with Crippen LogP contribution in [0.2, 0.25) is 0 Å². The largest absolute Gasteiger partial charge is 0.312 e. The molecule has 0 aliphatic heterocycles. The van der Waals surface area contributed by atoms with Gasteiger partial charge in [-0.2, -0.15) is 0 Å². The van der Waals surface area contributed by atoms with Crippen molar-refractivity contribution in [3.63, 3.8) is 0 Å². The molecule has 1 rings (SSSR count). The third-order valence-electron chi connectivity index (χ3n) is 2.20. The molecule has 0 aromatic carbocycles. The van der Waals surface area contributed by atoms with Crippen LogP contribution in [-0.2, 0) is 7.05 Å². The molecule has 0 spiro atoms. The van der Waals surface area contributed by atoms with Gasteiger partial charge in [0.05, 0.1) is 0 Å². The number of hydrogen-bond donors (Lipinski definition) is 0. The van der Waals surface area contributed by atoms with Crippen LogP contribution in [0.15, 0.2) is 11.5 Å². The summed E-state index contributed by atoms with van der Waals surface area (Å²) in [6.45, 7) is 7.74. The molecule has 0 aliphatic rings. The maximum Gasteiger partial charge on any atom is 0.190 e. The van der Waals surface area contributed by atoms with Gasteiger partial charge in [-0.05, 0) is 13.1 Å². The first-order valence-corrected chi connectivity index (χ1v) is 5.95. The Hall–Kier alpha value is -0.550. The third kappa shape index (κ3) is 3.31. The molecule has 0 amide bonds. The van der Waals surface area contributed by atoms with Gasteiger partial charge in [-0.3, -0.25) is 0 Å². The first kappa shape index (κ1) is 11.5. The molecule has 0 radical (unpaired) electrons. The van der Waals surface area contributed by atoms with Crippen molar-refractivity contribution >= 4 is 11.8 Å². The van der Waals surface area contributed by atoms with Gasteiger partial charge in [-0.1, -0.05) is 25.6 Å². The Bertz CT molecular complexity index is 257. The van der Waals surface area contributed by atoms with Crippen molar-refractivity contribution in [3.05, 3.63) is 6.33 Å². The number of thioether (sulfide) groups is 1. The Balaban J connectivity index is 2.24. The Labute approximate surface area is 89.7 Å². The molecule has 0 saturated heterocycles. The summed E-state index contributed by atoms with van der Waals surface area (Å²) in [4.78, 5) is 2.41. The molecule has 0 atom stereocenters. The second kappa shape index (κ2) is 6.03. The number of nitrogens with zero attached hydrogens (tertiary/aromatic N) is 4. The van der Waals surface area contributed by atoms with Crippen molar-refractivity contribution in [1.82, 2.24) is 19.7 Å². The van der Waals surface area contributed by atoms with Crippen LogP contribution < -0.4 is 0 Å². The minimum Gasteiger partial charge on any atom is -0.312 e.